The number of halogens is 2. The molecular formula is C20H17Cl2N3O2. The summed E-state index contributed by atoms with van der Waals surface area (Å²) in [5.74, 6) is 0.128. The molecule has 0 spiro atoms. The van der Waals surface area contributed by atoms with Crippen LogP contribution in [0.5, 0.6) is 5.75 Å². The number of rotatable bonds is 5. The Kier molecular flexibility index (Phi) is 5.05. The summed E-state index contributed by atoms with van der Waals surface area (Å²) in [4.78, 5) is 12.4. The van der Waals surface area contributed by atoms with E-state index in [0.717, 1.165) is 18.5 Å². The molecule has 0 aliphatic heterocycles. The molecule has 0 atom stereocenters. The highest BCUT2D eigenvalue weighted by Gasteiger charge is 2.14. The van der Waals surface area contributed by atoms with E-state index < -0.39 is 0 Å². The molecule has 1 amide bonds. The summed E-state index contributed by atoms with van der Waals surface area (Å²) in [5.41, 5.74) is 3.77. The molecule has 0 fully saturated rings. The summed E-state index contributed by atoms with van der Waals surface area (Å²) < 4.78 is 7.13. The standard InChI is InChI=1S/C20H17Cl2N3O2/c21-16-5-2-6-17(22)19(16)27-12-25-10-9-18(24-25)20(26)23-15-8-7-13-3-1-4-14(13)11-15/h2,5-11H,1,3-4,12H2,(H,23,26). The van der Waals surface area contributed by atoms with E-state index in [4.69, 9.17) is 27.9 Å². The lowest BCUT2D eigenvalue weighted by atomic mass is 10.1. The quantitative estimate of drug-likeness (QED) is 0.656. The van der Waals surface area contributed by atoms with Crippen molar-refractivity contribution >= 4 is 34.8 Å². The third kappa shape index (κ3) is 3.94. The number of nitrogens with one attached hydrogen (secondary N) is 1. The first kappa shape index (κ1) is 17.9. The maximum absolute atomic E-state index is 12.4. The van der Waals surface area contributed by atoms with Crippen molar-refractivity contribution in [3.63, 3.8) is 0 Å². The summed E-state index contributed by atoms with van der Waals surface area (Å²) in [7, 11) is 0. The number of fused-ring (bicyclic) bond motifs is 1. The zero-order valence-electron chi connectivity index (χ0n) is 14.4. The highest BCUT2D eigenvalue weighted by molar-refractivity contribution is 6.37. The van der Waals surface area contributed by atoms with E-state index >= 15 is 0 Å². The number of anilines is 1. The monoisotopic (exact) mass is 401 g/mol. The molecule has 1 aliphatic rings. The van der Waals surface area contributed by atoms with Crippen molar-refractivity contribution in [1.29, 1.82) is 0 Å². The second kappa shape index (κ2) is 7.62. The number of carbonyl (C=O) groups excluding carboxylic acids is 1. The number of amides is 1. The van der Waals surface area contributed by atoms with Gasteiger partial charge in [-0.3, -0.25) is 4.79 Å². The third-order valence-corrected chi connectivity index (χ3v) is 5.09. The third-order valence-electron chi connectivity index (χ3n) is 4.49. The fourth-order valence-corrected chi connectivity index (χ4v) is 3.66. The van der Waals surface area contributed by atoms with E-state index in [-0.39, 0.29) is 12.6 Å². The molecule has 138 valence electrons. The predicted molar refractivity (Wildman–Crippen MR) is 106 cm³/mol. The molecule has 0 bridgehead atoms. The number of benzene rings is 2. The van der Waals surface area contributed by atoms with Gasteiger partial charge in [-0.25, -0.2) is 4.68 Å². The largest absolute Gasteiger partial charge is 0.468 e. The fourth-order valence-electron chi connectivity index (χ4n) is 3.15. The second-order valence-corrected chi connectivity index (χ2v) is 7.17. The zero-order chi connectivity index (χ0) is 18.8. The van der Waals surface area contributed by atoms with Crippen LogP contribution in [0.1, 0.15) is 28.0 Å². The number of para-hydroxylation sites is 1. The van der Waals surface area contributed by atoms with Gasteiger partial charge in [0.1, 0.15) is 0 Å². The highest BCUT2D eigenvalue weighted by Crippen LogP contribution is 2.32. The molecular weight excluding hydrogens is 385 g/mol. The van der Waals surface area contributed by atoms with E-state index in [1.165, 1.54) is 22.2 Å². The first-order valence-electron chi connectivity index (χ1n) is 8.63. The minimum atomic E-state index is -0.262. The number of aromatic nitrogens is 2. The van der Waals surface area contributed by atoms with E-state index in [2.05, 4.69) is 16.5 Å². The van der Waals surface area contributed by atoms with Gasteiger partial charge in [-0.05, 0) is 60.7 Å². The normalized spacial score (nSPS) is 12.7. The number of aryl methyl sites for hydroxylation is 2. The van der Waals surface area contributed by atoms with Crippen LogP contribution >= 0.6 is 23.2 Å². The molecule has 0 saturated heterocycles. The smallest absolute Gasteiger partial charge is 0.276 e. The van der Waals surface area contributed by atoms with Gasteiger partial charge in [-0.2, -0.15) is 5.10 Å². The van der Waals surface area contributed by atoms with Crippen molar-refractivity contribution in [2.24, 2.45) is 0 Å². The van der Waals surface area contributed by atoms with Crippen molar-refractivity contribution in [1.82, 2.24) is 9.78 Å². The lowest BCUT2D eigenvalue weighted by Crippen LogP contribution is -2.14. The summed E-state index contributed by atoms with van der Waals surface area (Å²) in [6, 6.07) is 12.8. The van der Waals surface area contributed by atoms with Crippen LogP contribution in [-0.2, 0) is 19.6 Å². The molecule has 4 rings (SSSR count). The molecule has 2 aromatic carbocycles. The molecule has 1 aromatic heterocycles. The van der Waals surface area contributed by atoms with Crippen LogP contribution in [0.25, 0.3) is 0 Å². The molecule has 3 aromatic rings. The maximum Gasteiger partial charge on any atom is 0.276 e. The lowest BCUT2D eigenvalue weighted by molar-refractivity contribution is 0.102. The van der Waals surface area contributed by atoms with Gasteiger partial charge in [0.2, 0.25) is 0 Å². The van der Waals surface area contributed by atoms with Gasteiger partial charge in [0.25, 0.3) is 5.91 Å². The average Bonchev–Trinajstić information content (AvgIpc) is 3.30. The lowest BCUT2D eigenvalue weighted by Gasteiger charge is -2.09. The predicted octanol–water partition coefficient (Wildman–Crippen LogP) is 4.97. The van der Waals surface area contributed by atoms with Crippen LogP contribution < -0.4 is 10.1 Å². The van der Waals surface area contributed by atoms with Crippen LogP contribution in [0.15, 0.2) is 48.7 Å². The van der Waals surface area contributed by atoms with Gasteiger partial charge in [-0.15, -0.1) is 0 Å². The van der Waals surface area contributed by atoms with Gasteiger partial charge in [0.15, 0.2) is 18.2 Å². The molecule has 0 saturated carbocycles. The Balaban J connectivity index is 1.40. The Morgan fingerprint density at radius 3 is 2.70 bits per heavy atom. The maximum atomic E-state index is 12.4. The van der Waals surface area contributed by atoms with Crippen LogP contribution in [0, 0.1) is 0 Å². The van der Waals surface area contributed by atoms with Crippen molar-refractivity contribution in [3.05, 3.63) is 75.5 Å². The molecule has 7 heteroatoms. The van der Waals surface area contributed by atoms with Crippen molar-refractivity contribution in [3.8, 4) is 5.75 Å². The number of hydrogen-bond donors (Lipinski definition) is 1. The molecule has 5 nitrogen and oxygen atoms in total. The molecule has 0 radical (unpaired) electrons. The number of nitrogens with zero attached hydrogens (tertiary/aromatic N) is 2. The van der Waals surface area contributed by atoms with Crippen LogP contribution in [0.3, 0.4) is 0 Å². The Labute approximate surface area is 166 Å². The summed E-state index contributed by atoms with van der Waals surface area (Å²) >= 11 is 12.2. The van der Waals surface area contributed by atoms with E-state index in [0.29, 0.717) is 21.5 Å². The van der Waals surface area contributed by atoms with E-state index in [1.807, 2.05) is 12.1 Å². The fraction of sp³-hybridized carbons (Fsp3) is 0.200. The van der Waals surface area contributed by atoms with Gasteiger partial charge in [-0.1, -0.05) is 35.3 Å². The summed E-state index contributed by atoms with van der Waals surface area (Å²) in [6.45, 7) is 0.0928. The molecule has 0 unspecified atom stereocenters. The minimum Gasteiger partial charge on any atom is -0.468 e. The Morgan fingerprint density at radius 2 is 1.89 bits per heavy atom. The SMILES string of the molecule is O=C(Nc1ccc2c(c1)CCC2)c1ccn(COc2c(Cl)cccc2Cl)n1. The number of carbonyl (C=O) groups is 1. The summed E-state index contributed by atoms with van der Waals surface area (Å²) in [6.07, 6.45) is 5.02. The Bertz CT molecular complexity index is 980. The van der Waals surface area contributed by atoms with E-state index in [1.54, 1.807) is 30.5 Å². The molecule has 1 N–H and O–H groups in total. The van der Waals surface area contributed by atoms with Crippen LogP contribution in [0.2, 0.25) is 10.0 Å². The highest BCUT2D eigenvalue weighted by atomic mass is 35.5. The average molecular weight is 402 g/mol. The Hall–Kier alpha value is -2.50. The van der Waals surface area contributed by atoms with Crippen molar-refractivity contribution < 1.29 is 9.53 Å². The van der Waals surface area contributed by atoms with E-state index in [9.17, 15) is 4.79 Å². The summed E-state index contributed by atoms with van der Waals surface area (Å²) in [5, 5.41) is 7.98. The van der Waals surface area contributed by atoms with Crippen molar-refractivity contribution in [2.45, 2.75) is 26.0 Å². The topological polar surface area (TPSA) is 56.2 Å². The number of hydrogen-bond acceptors (Lipinski definition) is 3. The van der Waals surface area contributed by atoms with Gasteiger partial charge in [0.05, 0.1) is 10.0 Å². The molecule has 27 heavy (non-hydrogen) atoms. The van der Waals surface area contributed by atoms with Crippen LogP contribution in [-0.4, -0.2) is 15.7 Å². The zero-order valence-corrected chi connectivity index (χ0v) is 15.9. The number of ether oxygens (including phenoxy) is 1. The van der Waals surface area contributed by atoms with Gasteiger partial charge >= 0.3 is 0 Å². The Morgan fingerprint density at radius 1 is 1.11 bits per heavy atom. The first-order chi connectivity index (χ1) is 13.1. The van der Waals surface area contributed by atoms with Crippen molar-refractivity contribution in [2.75, 3.05) is 5.32 Å². The minimum absolute atomic E-state index is 0.0928. The molecule has 1 aliphatic carbocycles. The second-order valence-electron chi connectivity index (χ2n) is 6.36. The van der Waals surface area contributed by atoms with Gasteiger partial charge in [0, 0.05) is 11.9 Å². The van der Waals surface area contributed by atoms with Gasteiger partial charge < -0.3 is 10.1 Å². The van der Waals surface area contributed by atoms with Crippen LogP contribution in [0.4, 0.5) is 5.69 Å². The molecule has 1 heterocycles. The first-order valence-corrected chi connectivity index (χ1v) is 9.39.